The molecule has 0 aromatic carbocycles. The second-order valence-corrected chi connectivity index (χ2v) is 4.45. The van der Waals surface area contributed by atoms with Crippen molar-refractivity contribution >= 4 is 11.9 Å². The molecule has 5 heteroatoms. The number of hydrogen-bond acceptors (Lipinski definition) is 3. The Kier molecular flexibility index (Phi) is 3.68. The van der Waals surface area contributed by atoms with Gasteiger partial charge in [-0.2, -0.15) is 0 Å². The van der Waals surface area contributed by atoms with Crippen LogP contribution in [0.4, 0.5) is 0 Å². The van der Waals surface area contributed by atoms with Gasteiger partial charge in [-0.05, 0) is 26.7 Å². The van der Waals surface area contributed by atoms with Gasteiger partial charge in [0, 0.05) is 12.1 Å². The summed E-state index contributed by atoms with van der Waals surface area (Å²) in [5, 5.41) is 11.3. The largest absolute Gasteiger partial charge is 0.481 e. The van der Waals surface area contributed by atoms with Gasteiger partial charge in [-0.15, -0.1) is 0 Å². The third-order valence-corrected chi connectivity index (χ3v) is 2.28. The minimum absolute atomic E-state index is 0.0918. The summed E-state index contributed by atoms with van der Waals surface area (Å²) in [5.74, 6) is -1.13. The van der Waals surface area contributed by atoms with E-state index in [0.29, 0.717) is 6.61 Å². The summed E-state index contributed by atoms with van der Waals surface area (Å²) in [6.45, 7) is 3.99. The van der Waals surface area contributed by atoms with Crippen molar-refractivity contribution in [1.29, 1.82) is 0 Å². The highest BCUT2D eigenvalue weighted by Crippen LogP contribution is 2.15. The van der Waals surface area contributed by atoms with E-state index in [-0.39, 0.29) is 12.3 Å². The molecule has 1 fully saturated rings. The van der Waals surface area contributed by atoms with Crippen molar-refractivity contribution in [3.8, 4) is 0 Å². The number of carbonyl (C=O) groups is 2. The van der Waals surface area contributed by atoms with Crippen molar-refractivity contribution in [2.75, 3.05) is 6.61 Å². The van der Waals surface area contributed by atoms with Crippen molar-refractivity contribution < 1.29 is 19.4 Å². The molecule has 0 spiro atoms. The Hall–Kier alpha value is -1.10. The molecule has 1 amide bonds. The van der Waals surface area contributed by atoms with E-state index < -0.39 is 17.6 Å². The van der Waals surface area contributed by atoms with Crippen LogP contribution >= 0.6 is 0 Å². The predicted octanol–water partition coefficient (Wildman–Crippen LogP) is 0.535. The van der Waals surface area contributed by atoms with E-state index >= 15 is 0 Å². The molecule has 0 aliphatic carbocycles. The molecule has 0 aromatic heterocycles. The van der Waals surface area contributed by atoms with Crippen LogP contribution in [0.5, 0.6) is 0 Å². The quantitative estimate of drug-likeness (QED) is 0.717. The molecule has 0 aromatic rings. The number of amides is 1. The third kappa shape index (κ3) is 3.87. The lowest BCUT2D eigenvalue weighted by atomic mass is 10.0. The van der Waals surface area contributed by atoms with Crippen LogP contribution in [-0.4, -0.2) is 35.2 Å². The topological polar surface area (TPSA) is 75.6 Å². The molecule has 2 N–H and O–H groups in total. The van der Waals surface area contributed by atoms with Crippen LogP contribution in [0.3, 0.4) is 0 Å². The number of nitrogens with one attached hydrogen (secondary N) is 1. The van der Waals surface area contributed by atoms with Gasteiger partial charge in [0.25, 0.3) is 0 Å². The maximum atomic E-state index is 11.6. The molecule has 86 valence electrons. The molecule has 1 atom stereocenters. The van der Waals surface area contributed by atoms with Gasteiger partial charge in [-0.1, -0.05) is 0 Å². The number of carbonyl (C=O) groups excluding carboxylic acids is 1. The normalized spacial score (nSPS) is 21.3. The number of carboxylic acid groups (broad SMARTS) is 1. The zero-order valence-electron chi connectivity index (χ0n) is 9.08. The summed E-state index contributed by atoms with van der Waals surface area (Å²) in [7, 11) is 0. The summed E-state index contributed by atoms with van der Waals surface area (Å²) >= 11 is 0. The van der Waals surface area contributed by atoms with Crippen molar-refractivity contribution in [2.45, 2.75) is 44.8 Å². The smallest absolute Gasteiger partial charge is 0.305 e. The number of hydrogen-bond donors (Lipinski definition) is 2. The van der Waals surface area contributed by atoms with Crippen LogP contribution in [0.1, 0.15) is 33.1 Å². The van der Waals surface area contributed by atoms with Gasteiger partial charge in [0.2, 0.25) is 5.91 Å². The van der Waals surface area contributed by atoms with Crippen LogP contribution in [0.2, 0.25) is 0 Å². The molecule has 0 unspecified atom stereocenters. The van der Waals surface area contributed by atoms with Gasteiger partial charge in [0.05, 0.1) is 6.42 Å². The Labute approximate surface area is 88.8 Å². The Morgan fingerprint density at radius 1 is 1.53 bits per heavy atom. The third-order valence-electron chi connectivity index (χ3n) is 2.28. The molecule has 1 rings (SSSR count). The van der Waals surface area contributed by atoms with Crippen molar-refractivity contribution in [2.24, 2.45) is 0 Å². The Morgan fingerprint density at radius 2 is 2.20 bits per heavy atom. The highest BCUT2D eigenvalue weighted by Gasteiger charge is 2.30. The molecule has 0 radical (unpaired) electrons. The summed E-state index contributed by atoms with van der Waals surface area (Å²) in [6.07, 6.45) is 1.11. The minimum atomic E-state index is -0.923. The van der Waals surface area contributed by atoms with Gasteiger partial charge in [0.15, 0.2) is 0 Å². The minimum Gasteiger partial charge on any atom is -0.481 e. The molecule has 15 heavy (non-hydrogen) atoms. The van der Waals surface area contributed by atoms with E-state index in [0.717, 1.165) is 12.8 Å². The zero-order chi connectivity index (χ0) is 11.5. The fourth-order valence-corrected chi connectivity index (χ4v) is 1.62. The first-order valence-corrected chi connectivity index (χ1v) is 5.06. The average Bonchev–Trinajstić information content (AvgIpc) is 2.50. The summed E-state index contributed by atoms with van der Waals surface area (Å²) in [5.41, 5.74) is -0.727. The fourth-order valence-electron chi connectivity index (χ4n) is 1.62. The maximum Gasteiger partial charge on any atom is 0.305 e. The van der Waals surface area contributed by atoms with E-state index in [2.05, 4.69) is 5.32 Å². The summed E-state index contributed by atoms with van der Waals surface area (Å²) in [4.78, 5) is 22.1. The van der Waals surface area contributed by atoms with Crippen LogP contribution in [-0.2, 0) is 14.3 Å². The summed E-state index contributed by atoms with van der Waals surface area (Å²) < 4.78 is 5.21. The van der Waals surface area contributed by atoms with Gasteiger partial charge < -0.3 is 15.2 Å². The van der Waals surface area contributed by atoms with Crippen molar-refractivity contribution in [1.82, 2.24) is 5.32 Å². The number of aliphatic carboxylic acids is 1. The van der Waals surface area contributed by atoms with Gasteiger partial charge in [-0.25, -0.2) is 0 Å². The Bertz CT molecular complexity index is 256. The zero-order valence-corrected chi connectivity index (χ0v) is 9.08. The molecular weight excluding hydrogens is 198 g/mol. The van der Waals surface area contributed by atoms with Crippen LogP contribution in [0, 0.1) is 0 Å². The van der Waals surface area contributed by atoms with Crippen molar-refractivity contribution in [3.05, 3.63) is 0 Å². The molecular formula is C10H17NO4. The van der Waals surface area contributed by atoms with Crippen LogP contribution in [0.25, 0.3) is 0 Å². The second-order valence-electron chi connectivity index (χ2n) is 4.45. The van der Waals surface area contributed by atoms with Crippen molar-refractivity contribution in [3.63, 3.8) is 0 Å². The first-order chi connectivity index (χ1) is 6.91. The molecule has 5 nitrogen and oxygen atoms in total. The molecule has 0 saturated carbocycles. The average molecular weight is 215 g/mol. The van der Waals surface area contributed by atoms with Crippen LogP contribution in [0.15, 0.2) is 0 Å². The molecule has 1 heterocycles. The highest BCUT2D eigenvalue weighted by atomic mass is 16.5. The van der Waals surface area contributed by atoms with E-state index in [1.807, 2.05) is 0 Å². The molecule has 1 saturated heterocycles. The molecule has 1 aliphatic heterocycles. The lowest BCUT2D eigenvalue weighted by molar-refractivity contribution is -0.139. The second kappa shape index (κ2) is 4.61. The Balaban J connectivity index is 2.44. The number of rotatable bonds is 4. The van der Waals surface area contributed by atoms with Gasteiger partial charge in [-0.3, -0.25) is 9.59 Å². The van der Waals surface area contributed by atoms with E-state index in [1.54, 1.807) is 13.8 Å². The lowest BCUT2D eigenvalue weighted by Gasteiger charge is -2.25. The van der Waals surface area contributed by atoms with Gasteiger partial charge in [0.1, 0.15) is 6.10 Å². The molecule has 1 aliphatic rings. The maximum absolute atomic E-state index is 11.6. The van der Waals surface area contributed by atoms with Crippen LogP contribution < -0.4 is 5.32 Å². The SMILES string of the molecule is CC(C)(CC(=O)O)NC(=O)[C@@H]1CCCO1. The van der Waals surface area contributed by atoms with E-state index in [4.69, 9.17) is 9.84 Å². The fraction of sp³-hybridized carbons (Fsp3) is 0.800. The van der Waals surface area contributed by atoms with E-state index in [9.17, 15) is 9.59 Å². The molecule has 0 bridgehead atoms. The van der Waals surface area contributed by atoms with E-state index in [1.165, 1.54) is 0 Å². The lowest BCUT2D eigenvalue weighted by Crippen LogP contribution is -2.48. The first kappa shape index (κ1) is 12.0. The van der Waals surface area contributed by atoms with Gasteiger partial charge >= 0.3 is 5.97 Å². The number of ether oxygens (including phenoxy) is 1. The standard InChI is InChI=1S/C10H17NO4/c1-10(2,6-8(12)13)11-9(14)7-4-3-5-15-7/h7H,3-6H2,1-2H3,(H,11,14)(H,12,13)/t7-/m0/s1. The number of carboxylic acids is 1. The summed E-state index contributed by atoms with van der Waals surface area (Å²) in [6, 6.07) is 0. The Morgan fingerprint density at radius 3 is 2.67 bits per heavy atom. The predicted molar refractivity (Wildman–Crippen MR) is 53.4 cm³/mol. The monoisotopic (exact) mass is 215 g/mol. The highest BCUT2D eigenvalue weighted by molar-refractivity contribution is 5.82. The first-order valence-electron chi connectivity index (χ1n) is 5.06.